The monoisotopic (exact) mass is 528 g/mol. The molecule has 1 heterocycles. The third kappa shape index (κ3) is 5.24. The van der Waals surface area contributed by atoms with Crippen LogP contribution in [0.2, 0.25) is 10.0 Å². The molecule has 0 bridgehead atoms. The number of benzene rings is 3. The maximum atomic E-state index is 12.7. The van der Waals surface area contributed by atoms with Crippen molar-refractivity contribution < 1.29 is 14.4 Å². The van der Waals surface area contributed by atoms with E-state index in [4.69, 9.17) is 32.7 Å². The lowest BCUT2D eigenvalue weighted by Crippen LogP contribution is -2.32. The normalized spacial score (nSPS) is 11.2. The van der Waals surface area contributed by atoms with Crippen LogP contribution >= 0.6 is 23.2 Å². The van der Waals surface area contributed by atoms with Crippen molar-refractivity contribution in [2.45, 2.75) is 13.5 Å². The van der Waals surface area contributed by atoms with Crippen molar-refractivity contribution in [3.05, 3.63) is 107 Å². The first kappa shape index (κ1) is 25.0. The molecule has 0 saturated heterocycles. The molecule has 0 radical (unpaired) electrons. The van der Waals surface area contributed by atoms with E-state index in [-0.39, 0.29) is 35.7 Å². The van der Waals surface area contributed by atoms with Crippen LogP contribution in [-0.2, 0) is 6.61 Å². The largest absolute Gasteiger partial charge is 0.490 e. The molecule has 36 heavy (non-hydrogen) atoms. The van der Waals surface area contributed by atoms with E-state index in [0.29, 0.717) is 25.8 Å². The van der Waals surface area contributed by atoms with Crippen LogP contribution in [0.3, 0.4) is 0 Å². The van der Waals surface area contributed by atoms with Gasteiger partial charge in [-0.2, -0.15) is 5.10 Å². The maximum absolute atomic E-state index is 12.7. The minimum atomic E-state index is -0.755. The van der Waals surface area contributed by atoms with Crippen molar-refractivity contribution in [1.29, 1.82) is 0 Å². The van der Waals surface area contributed by atoms with E-state index in [1.165, 1.54) is 18.2 Å². The SMILES string of the molecule is CCOc1cc(C=Nn2c(=O)[nH]c3ccccc3c2=O)cc([N+](=O)[O-])c1OCc1ccc(Cl)cc1Cl. The number of nitrogens with zero attached hydrogens (tertiary/aromatic N) is 3. The summed E-state index contributed by atoms with van der Waals surface area (Å²) in [5.74, 6) is -0.0243. The molecule has 0 spiro atoms. The number of para-hydroxylation sites is 1. The Morgan fingerprint density at radius 2 is 1.89 bits per heavy atom. The third-order valence-corrected chi connectivity index (χ3v) is 5.63. The molecule has 1 N–H and O–H groups in total. The van der Waals surface area contributed by atoms with E-state index < -0.39 is 21.9 Å². The number of nitrogens with one attached hydrogen (secondary N) is 1. The fourth-order valence-corrected chi connectivity index (χ4v) is 3.86. The number of ether oxygens (including phenoxy) is 2. The maximum Gasteiger partial charge on any atom is 0.349 e. The van der Waals surface area contributed by atoms with Crippen molar-refractivity contribution in [1.82, 2.24) is 9.66 Å². The van der Waals surface area contributed by atoms with E-state index in [2.05, 4.69) is 10.1 Å². The number of H-pyrrole nitrogens is 1. The Morgan fingerprint density at radius 3 is 2.61 bits per heavy atom. The molecular formula is C24H18Cl2N4O6. The highest BCUT2D eigenvalue weighted by Gasteiger charge is 2.23. The Bertz CT molecular complexity index is 1610. The van der Waals surface area contributed by atoms with Gasteiger partial charge in [0, 0.05) is 27.2 Å². The molecule has 0 amide bonds. The van der Waals surface area contributed by atoms with Crippen molar-refractivity contribution in [2.24, 2.45) is 5.10 Å². The number of halogens is 2. The van der Waals surface area contributed by atoms with Gasteiger partial charge in [-0.25, -0.2) is 4.79 Å². The Balaban J connectivity index is 1.73. The molecule has 184 valence electrons. The molecule has 0 atom stereocenters. The summed E-state index contributed by atoms with van der Waals surface area (Å²) in [6, 6.07) is 14.0. The predicted octanol–water partition coefficient (Wildman–Crippen LogP) is 4.76. The molecule has 12 heteroatoms. The first-order valence-electron chi connectivity index (χ1n) is 10.6. The van der Waals surface area contributed by atoms with Crippen LogP contribution in [0.4, 0.5) is 5.69 Å². The highest BCUT2D eigenvalue weighted by Crippen LogP contribution is 2.39. The van der Waals surface area contributed by atoms with Crippen LogP contribution in [0.1, 0.15) is 18.1 Å². The predicted molar refractivity (Wildman–Crippen MR) is 137 cm³/mol. The number of aromatic amines is 1. The Labute approximate surface area is 213 Å². The topological polar surface area (TPSA) is 129 Å². The lowest BCUT2D eigenvalue weighted by atomic mass is 10.1. The second-order valence-electron chi connectivity index (χ2n) is 7.42. The second-order valence-corrected chi connectivity index (χ2v) is 8.26. The molecule has 0 fully saturated rings. The van der Waals surface area contributed by atoms with Gasteiger partial charge in [-0.3, -0.25) is 14.9 Å². The van der Waals surface area contributed by atoms with Gasteiger partial charge in [-0.05, 0) is 37.3 Å². The van der Waals surface area contributed by atoms with Gasteiger partial charge in [-0.1, -0.05) is 41.4 Å². The van der Waals surface area contributed by atoms with Crippen molar-refractivity contribution in [3.63, 3.8) is 0 Å². The minimum Gasteiger partial charge on any atom is -0.490 e. The summed E-state index contributed by atoms with van der Waals surface area (Å²) in [5, 5.41) is 16.9. The number of hydrogen-bond donors (Lipinski definition) is 1. The summed E-state index contributed by atoms with van der Waals surface area (Å²) >= 11 is 12.1. The zero-order chi connectivity index (χ0) is 25.8. The lowest BCUT2D eigenvalue weighted by molar-refractivity contribution is -0.386. The van der Waals surface area contributed by atoms with Gasteiger partial charge in [0.2, 0.25) is 5.75 Å². The Kier molecular flexibility index (Phi) is 7.37. The summed E-state index contributed by atoms with van der Waals surface area (Å²) < 4.78 is 12.0. The number of aromatic nitrogens is 2. The number of rotatable bonds is 8. The molecule has 4 aromatic rings. The summed E-state index contributed by atoms with van der Waals surface area (Å²) in [6.07, 6.45) is 1.15. The average Bonchev–Trinajstić information content (AvgIpc) is 2.84. The van der Waals surface area contributed by atoms with Crippen molar-refractivity contribution >= 4 is 46.0 Å². The van der Waals surface area contributed by atoms with Crippen molar-refractivity contribution in [3.8, 4) is 11.5 Å². The second kappa shape index (κ2) is 10.6. The van der Waals surface area contributed by atoms with Crippen LogP contribution in [0.5, 0.6) is 11.5 Å². The fourth-order valence-electron chi connectivity index (χ4n) is 3.40. The van der Waals surface area contributed by atoms with Gasteiger partial charge in [0.25, 0.3) is 5.56 Å². The fraction of sp³-hybridized carbons (Fsp3) is 0.125. The summed E-state index contributed by atoms with van der Waals surface area (Å²) in [4.78, 5) is 38.8. The van der Waals surface area contributed by atoms with Gasteiger partial charge in [0.15, 0.2) is 5.75 Å². The molecule has 0 aliphatic heterocycles. The third-order valence-electron chi connectivity index (χ3n) is 5.05. The van der Waals surface area contributed by atoms with Crippen LogP contribution in [0, 0.1) is 10.1 Å². The van der Waals surface area contributed by atoms with E-state index in [0.717, 1.165) is 6.21 Å². The zero-order valence-electron chi connectivity index (χ0n) is 18.7. The first-order chi connectivity index (χ1) is 17.3. The smallest absolute Gasteiger partial charge is 0.349 e. The van der Waals surface area contributed by atoms with Gasteiger partial charge in [0.1, 0.15) is 6.61 Å². The Hall–Kier alpha value is -4.15. The summed E-state index contributed by atoms with van der Waals surface area (Å²) in [6.45, 7) is 1.83. The molecular weight excluding hydrogens is 511 g/mol. The number of nitro benzene ring substituents is 1. The summed E-state index contributed by atoms with van der Waals surface area (Å²) in [7, 11) is 0. The van der Waals surface area contributed by atoms with Crippen LogP contribution in [-0.4, -0.2) is 27.4 Å². The summed E-state index contributed by atoms with van der Waals surface area (Å²) in [5.41, 5.74) is -0.637. The van der Waals surface area contributed by atoms with E-state index in [1.807, 2.05) is 0 Å². The average molecular weight is 529 g/mol. The molecule has 0 aliphatic carbocycles. The highest BCUT2D eigenvalue weighted by atomic mass is 35.5. The standard InChI is InChI=1S/C24H18Cl2N4O6/c1-2-35-21-10-14(12-27-29-23(31)17-5-3-4-6-19(17)28-24(29)32)9-20(30(33)34)22(21)36-13-15-7-8-16(25)11-18(15)26/h3-12H,2,13H2,1H3,(H,28,32). The van der Waals surface area contributed by atoms with Crippen LogP contribution < -0.4 is 20.7 Å². The van der Waals surface area contributed by atoms with E-state index >= 15 is 0 Å². The van der Waals surface area contributed by atoms with E-state index in [1.54, 1.807) is 43.3 Å². The van der Waals surface area contributed by atoms with Crippen molar-refractivity contribution in [2.75, 3.05) is 6.61 Å². The van der Waals surface area contributed by atoms with E-state index in [9.17, 15) is 19.7 Å². The Morgan fingerprint density at radius 1 is 1.11 bits per heavy atom. The van der Waals surface area contributed by atoms with Gasteiger partial charge in [0.05, 0.1) is 28.6 Å². The number of fused-ring (bicyclic) bond motifs is 1. The molecule has 4 rings (SSSR count). The molecule has 3 aromatic carbocycles. The highest BCUT2D eigenvalue weighted by molar-refractivity contribution is 6.35. The number of nitro groups is 1. The zero-order valence-corrected chi connectivity index (χ0v) is 20.2. The first-order valence-corrected chi connectivity index (χ1v) is 11.3. The molecule has 1 aromatic heterocycles. The molecule has 0 aliphatic rings. The van der Waals surface area contributed by atoms with Crippen LogP contribution in [0.25, 0.3) is 10.9 Å². The van der Waals surface area contributed by atoms with Gasteiger partial charge < -0.3 is 14.5 Å². The van der Waals surface area contributed by atoms with Gasteiger partial charge in [-0.15, -0.1) is 4.68 Å². The molecule has 10 nitrogen and oxygen atoms in total. The molecule has 0 unspecified atom stereocenters. The minimum absolute atomic E-state index is 0.0772. The van der Waals surface area contributed by atoms with Crippen LogP contribution in [0.15, 0.2) is 69.3 Å². The van der Waals surface area contributed by atoms with Gasteiger partial charge >= 0.3 is 11.4 Å². The quantitative estimate of drug-likeness (QED) is 0.199. The number of hydrogen-bond acceptors (Lipinski definition) is 7. The molecule has 0 saturated carbocycles. The lowest BCUT2D eigenvalue weighted by Gasteiger charge is -2.14.